The highest BCUT2D eigenvalue weighted by Gasteiger charge is 2.10. The zero-order valence-corrected chi connectivity index (χ0v) is 13.2. The van der Waals surface area contributed by atoms with Crippen LogP contribution in [0.25, 0.3) is 0 Å². The first-order valence-electron chi connectivity index (χ1n) is 6.86. The molecule has 5 heteroatoms. The molecule has 0 saturated heterocycles. The Kier molecular flexibility index (Phi) is 4.88. The molecule has 0 aliphatic heterocycles. The molecule has 22 heavy (non-hydrogen) atoms. The van der Waals surface area contributed by atoms with Gasteiger partial charge in [-0.05, 0) is 37.6 Å². The molecule has 5 nitrogen and oxygen atoms in total. The first kappa shape index (κ1) is 15.7. The van der Waals surface area contributed by atoms with E-state index in [1.54, 1.807) is 18.3 Å². The highest BCUT2D eigenvalue weighted by molar-refractivity contribution is 5.83. The highest BCUT2D eigenvalue weighted by atomic mass is 16.5. The van der Waals surface area contributed by atoms with Gasteiger partial charge in [-0.3, -0.25) is 5.43 Å². The van der Waals surface area contributed by atoms with Gasteiger partial charge in [-0.1, -0.05) is 17.7 Å². The van der Waals surface area contributed by atoms with E-state index in [0.717, 1.165) is 16.8 Å². The third-order valence-electron chi connectivity index (χ3n) is 3.28. The van der Waals surface area contributed by atoms with E-state index in [-0.39, 0.29) is 5.75 Å². The van der Waals surface area contributed by atoms with Crippen molar-refractivity contribution in [2.75, 3.05) is 19.6 Å². The minimum atomic E-state index is -0.0236. The van der Waals surface area contributed by atoms with Crippen LogP contribution in [-0.4, -0.2) is 25.5 Å². The lowest BCUT2D eigenvalue weighted by molar-refractivity contribution is 0.340. The molecule has 2 aromatic rings. The Hall–Kier alpha value is -2.69. The first-order valence-corrected chi connectivity index (χ1v) is 6.86. The zero-order chi connectivity index (χ0) is 16.1. The molecule has 0 unspecified atom stereocenters. The number of nitrogens with one attached hydrogen (secondary N) is 1. The molecule has 0 bridgehead atoms. The first-order chi connectivity index (χ1) is 10.5. The molecular weight excluding hydrogens is 280 g/mol. The maximum absolute atomic E-state index is 9.87. The molecule has 116 valence electrons. The quantitative estimate of drug-likeness (QED) is 0.655. The summed E-state index contributed by atoms with van der Waals surface area (Å²) in [4.78, 5) is 0. The Morgan fingerprint density at radius 1 is 1.05 bits per heavy atom. The molecule has 2 N–H and O–H groups in total. The van der Waals surface area contributed by atoms with Gasteiger partial charge < -0.3 is 14.6 Å². The Morgan fingerprint density at radius 2 is 1.68 bits per heavy atom. The summed E-state index contributed by atoms with van der Waals surface area (Å²) < 4.78 is 10.2. The number of aryl methyl sites for hydroxylation is 2. The topological polar surface area (TPSA) is 63.1 Å². The van der Waals surface area contributed by atoms with Crippen LogP contribution in [0.1, 0.15) is 16.7 Å². The number of ether oxygens (including phenoxy) is 2. The number of rotatable bonds is 5. The lowest BCUT2D eigenvalue weighted by Gasteiger charge is -2.09. The largest absolute Gasteiger partial charge is 0.502 e. The summed E-state index contributed by atoms with van der Waals surface area (Å²) in [5.41, 5.74) is 7.03. The van der Waals surface area contributed by atoms with E-state index in [1.807, 2.05) is 19.1 Å². The van der Waals surface area contributed by atoms with Gasteiger partial charge in [-0.25, -0.2) is 0 Å². The summed E-state index contributed by atoms with van der Waals surface area (Å²) >= 11 is 0. The second kappa shape index (κ2) is 6.85. The van der Waals surface area contributed by atoms with Crippen molar-refractivity contribution in [3.8, 4) is 17.2 Å². The molecule has 0 aliphatic rings. The van der Waals surface area contributed by atoms with Crippen LogP contribution in [0, 0.1) is 13.8 Å². The van der Waals surface area contributed by atoms with Crippen molar-refractivity contribution < 1.29 is 14.6 Å². The Balaban J connectivity index is 2.19. The fourth-order valence-electron chi connectivity index (χ4n) is 2.10. The van der Waals surface area contributed by atoms with Crippen molar-refractivity contribution in [1.82, 2.24) is 0 Å². The number of hydrazone groups is 1. The highest BCUT2D eigenvalue weighted by Crippen LogP contribution is 2.36. The van der Waals surface area contributed by atoms with Crippen molar-refractivity contribution in [2.24, 2.45) is 5.10 Å². The van der Waals surface area contributed by atoms with E-state index in [0.29, 0.717) is 11.5 Å². The molecule has 0 fully saturated rings. The second-order valence-electron chi connectivity index (χ2n) is 4.96. The summed E-state index contributed by atoms with van der Waals surface area (Å²) in [7, 11) is 2.98. The second-order valence-corrected chi connectivity index (χ2v) is 4.96. The van der Waals surface area contributed by atoms with Crippen molar-refractivity contribution in [2.45, 2.75) is 13.8 Å². The number of hydrogen-bond acceptors (Lipinski definition) is 5. The van der Waals surface area contributed by atoms with E-state index in [1.165, 1.54) is 19.8 Å². The third kappa shape index (κ3) is 3.49. The Bertz CT molecular complexity index is 671. The van der Waals surface area contributed by atoms with Crippen molar-refractivity contribution >= 4 is 11.9 Å². The van der Waals surface area contributed by atoms with Crippen LogP contribution in [0.15, 0.2) is 35.4 Å². The number of benzene rings is 2. The maximum atomic E-state index is 9.87. The molecule has 0 aromatic heterocycles. The number of hydrogen-bond donors (Lipinski definition) is 2. The number of phenols is 1. The van der Waals surface area contributed by atoms with Crippen LogP contribution in [0.5, 0.6) is 17.2 Å². The van der Waals surface area contributed by atoms with Crippen LogP contribution < -0.4 is 14.9 Å². The standard InChI is InChI=1S/C17H20N2O3/c1-11-5-6-14(12(2)7-11)19-18-10-13-8-15(21-3)17(20)16(9-13)22-4/h5-10,19-20H,1-4H3/b18-10+. The van der Waals surface area contributed by atoms with Crippen LogP contribution >= 0.6 is 0 Å². The molecule has 2 rings (SSSR count). The molecule has 0 spiro atoms. The van der Waals surface area contributed by atoms with Crippen molar-refractivity contribution in [1.29, 1.82) is 0 Å². The van der Waals surface area contributed by atoms with E-state index >= 15 is 0 Å². The van der Waals surface area contributed by atoms with Crippen LogP contribution in [0.3, 0.4) is 0 Å². The zero-order valence-electron chi connectivity index (χ0n) is 13.2. The van der Waals surface area contributed by atoms with E-state index in [9.17, 15) is 5.11 Å². The molecule has 0 heterocycles. The predicted octanol–water partition coefficient (Wildman–Crippen LogP) is 3.47. The SMILES string of the molecule is COc1cc(/C=N/Nc2ccc(C)cc2C)cc(OC)c1O. The van der Waals surface area contributed by atoms with Gasteiger partial charge in [0.15, 0.2) is 11.5 Å². The smallest absolute Gasteiger partial charge is 0.200 e. The molecule has 0 atom stereocenters. The Labute approximate surface area is 130 Å². The minimum absolute atomic E-state index is 0.0236. The molecule has 2 aromatic carbocycles. The minimum Gasteiger partial charge on any atom is -0.502 e. The van der Waals surface area contributed by atoms with E-state index < -0.39 is 0 Å². The van der Waals surface area contributed by atoms with E-state index in [4.69, 9.17) is 9.47 Å². The van der Waals surface area contributed by atoms with Crippen LogP contribution in [0.4, 0.5) is 5.69 Å². The summed E-state index contributed by atoms with van der Waals surface area (Å²) in [6.45, 7) is 4.08. The monoisotopic (exact) mass is 300 g/mol. The summed E-state index contributed by atoms with van der Waals surface area (Å²) in [5.74, 6) is 0.657. The van der Waals surface area contributed by atoms with Gasteiger partial charge >= 0.3 is 0 Å². The van der Waals surface area contributed by atoms with Gasteiger partial charge in [0.1, 0.15) is 0 Å². The van der Waals surface area contributed by atoms with Crippen molar-refractivity contribution in [3.63, 3.8) is 0 Å². The lowest BCUT2D eigenvalue weighted by atomic mass is 10.1. The number of methoxy groups -OCH3 is 2. The fourth-order valence-corrected chi connectivity index (χ4v) is 2.10. The van der Waals surface area contributed by atoms with E-state index in [2.05, 4.69) is 23.5 Å². The van der Waals surface area contributed by atoms with Gasteiger partial charge in [-0.15, -0.1) is 0 Å². The van der Waals surface area contributed by atoms with Gasteiger partial charge in [0.2, 0.25) is 5.75 Å². The van der Waals surface area contributed by atoms with Gasteiger partial charge in [-0.2, -0.15) is 5.10 Å². The molecule has 0 saturated carbocycles. The lowest BCUT2D eigenvalue weighted by Crippen LogP contribution is -1.95. The Morgan fingerprint density at radius 3 is 2.23 bits per heavy atom. The van der Waals surface area contributed by atoms with Gasteiger partial charge in [0.05, 0.1) is 26.1 Å². The average molecular weight is 300 g/mol. The normalized spacial score (nSPS) is 10.7. The summed E-state index contributed by atoms with van der Waals surface area (Å²) in [5, 5.41) is 14.1. The van der Waals surface area contributed by atoms with Crippen LogP contribution in [-0.2, 0) is 0 Å². The average Bonchev–Trinajstić information content (AvgIpc) is 2.50. The van der Waals surface area contributed by atoms with Gasteiger partial charge in [0, 0.05) is 5.56 Å². The number of nitrogens with zero attached hydrogens (tertiary/aromatic N) is 1. The number of aromatic hydroxyl groups is 1. The third-order valence-corrected chi connectivity index (χ3v) is 3.28. The molecular formula is C17H20N2O3. The predicted molar refractivity (Wildman–Crippen MR) is 88.3 cm³/mol. The maximum Gasteiger partial charge on any atom is 0.200 e. The summed E-state index contributed by atoms with van der Waals surface area (Å²) in [6.07, 6.45) is 1.64. The fraction of sp³-hybridized carbons (Fsp3) is 0.235. The molecule has 0 radical (unpaired) electrons. The van der Waals surface area contributed by atoms with Crippen molar-refractivity contribution in [3.05, 3.63) is 47.0 Å². The number of phenolic OH excluding ortho intramolecular Hbond substituents is 1. The number of anilines is 1. The molecule has 0 amide bonds. The summed E-state index contributed by atoms with van der Waals surface area (Å²) in [6, 6.07) is 9.47. The van der Waals surface area contributed by atoms with Crippen LogP contribution in [0.2, 0.25) is 0 Å². The molecule has 0 aliphatic carbocycles. The van der Waals surface area contributed by atoms with Gasteiger partial charge in [0.25, 0.3) is 0 Å².